The topological polar surface area (TPSA) is 92.1 Å². The SMILES string of the molecule is CC(C)(C)OC(=O)N1Cc2cccn2CC(CC(=O)N(Cc2ccccc2)Cc2ccc(C(=O)O)cc2)C1. The number of carboxylic acid groups (broad SMARTS) is 1. The maximum absolute atomic E-state index is 13.8. The van der Waals surface area contributed by atoms with E-state index in [4.69, 9.17) is 4.74 Å². The maximum Gasteiger partial charge on any atom is 0.410 e. The molecular weight excluding hydrogens is 482 g/mol. The van der Waals surface area contributed by atoms with Crippen LogP contribution in [0.25, 0.3) is 0 Å². The van der Waals surface area contributed by atoms with Crippen molar-refractivity contribution in [2.45, 2.75) is 59.0 Å². The van der Waals surface area contributed by atoms with E-state index >= 15 is 0 Å². The number of carboxylic acids is 1. The van der Waals surface area contributed by atoms with Gasteiger partial charge in [-0.25, -0.2) is 9.59 Å². The molecule has 2 amide bonds. The minimum absolute atomic E-state index is 0.0269. The lowest BCUT2D eigenvalue weighted by Crippen LogP contribution is -2.40. The van der Waals surface area contributed by atoms with Crippen LogP contribution in [0.4, 0.5) is 4.79 Å². The van der Waals surface area contributed by atoms with Gasteiger partial charge in [-0.3, -0.25) is 4.79 Å². The Labute approximate surface area is 223 Å². The summed E-state index contributed by atoms with van der Waals surface area (Å²) in [6.45, 7) is 7.78. The Morgan fingerprint density at radius 2 is 1.58 bits per heavy atom. The van der Waals surface area contributed by atoms with Gasteiger partial charge in [-0.1, -0.05) is 42.5 Å². The van der Waals surface area contributed by atoms with Crippen LogP contribution in [-0.2, 0) is 35.7 Å². The highest BCUT2D eigenvalue weighted by molar-refractivity contribution is 5.87. The summed E-state index contributed by atoms with van der Waals surface area (Å²) in [4.78, 5) is 41.5. The summed E-state index contributed by atoms with van der Waals surface area (Å²) >= 11 is 0. The molecule has 1 aromatic heterocycles. The lowest BCUT2D eigenvalue weighted by Gasteiger charge is -2.29. The standard InChI is InChI=1S/C30H35N3O5/c1-30(2,3)38-29(37)33-20-24(19-31-15-7-10-26(31)21-33)16-27(34)32(17-22-8-5-4-6-9-22)18-23-11-13-25(14-12-23)28(35)36/h4-15,24H,16-21H2,1-3H3,(H,35,36). The first-order valence-corrected chi connectivity index (χ1v) is 12.8. The van der Waals surface area contributed by atoms with Gasteiger partial charge in [0.2, 0.25) is 5.91 Å². The Balaban J connectivity index is 1.53. The van der Waals surface area contributed by atoms with Gasteiger partial charge in [0.1, 0.15) is 5.60 Å². The summed E-state index contributed by atoms with van der Waals surface area (Å²) in [6, 6.07) is 20.3. The fraction of sp³-hybridized carbons (Fsp3) is 0.367. The van der Waals surface area contributed by atoms with E-state index in [0.29, 0.717) is 32.7 Å². The van der Waals surface area contributed by atoms with Crippen LogP contribution < -0.4 is 0 Å². The lowest BCUT2D eigenvalue weighted by molar-refractivity contribution is -0.133. The summed E-state index contributed by atoms with van der Waals surface area (Å²) in [6.07, 6.45) is 1.86. The summed E-state index contributed by atoms with van der Waals surface area (Å²) in [5.41, 5.74) is 2.46. The molecule has 2 heterocycles. The minimum atomic E-state index is -0.985. The molecular formula is C30H35N3O5. The summed E-state index contributed by atoms with van der Waals surface area (Å²) in [5, 5.41) is 9.22. The zero-order valence-electron chi connectivity index (χ0n) is 22.2. The van der Waals surface area contributed by atoms with E-state index in [1.807, 2.05) is 69.4 Å². The zero-order chi connectivity index (χ0) is 27.3. The van der Waals surface area contributed by atoms with Crippen molar-refractivity contribution in [1.82, 2.24) is 14.4 Å². The van der Waals surface area contributed by atoms with Gasteiger partial charge in [0, 0.05) is 50.4 Å². The number of nitrogens with zero attached hydrogens (tertiary/aromatic N) is 3. The third kappa shape index (κ3) is 7.25. The maximum atomic E-state index is 13.8. The molecule has 1 atom stereocenters. The molecule has 0 fully saturated rings. The minimum Gasteiger partial charge on any atom is -0.478 e. The van der Waals surface area contributed by atoms with Crippen molar-refractivity contribution in [3.63, 3.8) is 0 Å². The van der Waals surface area contributed by atoms with Crippen LogP contribution in [0.3, 0.4) is 0 Å². The predicted molar refractivity (Wildman–Crippen MR) is 143 cm³/mol. The Hall–Kier alpha value is -4.07. The number of benzene rings is 2. The quantitative estimate of drug-likeness (QED) is 0.467. The van der Waals surface area contributed by atoms with Gasteiger partial charge < -0.3 is 24.2 Å². The van der Waals surface area contributed by atoms with Crippen molar-refractivity contribution in [2.24, 2.45) is 5.92 Å². The highest BCUT2D eigenvalue weighted by Crippen LogP contribution is 2.23. The van der Waals surface area contributed by atoms with Crippen LogP contribution in [0.5, 0.6) is 0 Å². The van der Waals surface area contributed by atoms with E-state index in [2.05, 4.69) is 4.57 Å². The first kappa shape index (κ1) is 27.0. The highest BCUT2D eigenvalue weighted by atomic mass is 16.6. The third-order valence-corrected chi connectivity index (χ3v) is 6.47. The number of ether oxygens (including phenoxy) is 1. The molecule has 8 heteroatoms. The molecule has 0 bridgehead atoms. The van der Waals surface area contributed by atoms with Crippen molar-refractivity contribution in [3.05, 3.63) is 95.3 Å². The molecule has 1 N–H and O–H groups in total. The number of rotatable bonds is 7. The largest absolute Gasteiger partial charge is 0.478 e. The summed E-state index contributed by atoms with van der Waals surface area (Å²) < 4.78 is 7.76. The molecule has 0 radical (unpaired) electrons. The van der Waals surface area contributed by atoms with Crippen LogP contribution in [0, 0.1) is 5.92 Å². The molecule has 3 aromatic rings. The van der Waals surface area contributed by atoms with Crippen LogP contribution in [-0.4, -0.2) is 49.6 Å². The van der Waals surface area contributed by atoms with Crippen molar-refractivity contribution < 1.29 is 24.2 Å². The Morgan fingerprint density at radius 3 is 2.21 bits per heavy atom. The number of fused-ring (bicyclic) bond motifs is 1. The Morgan fingerprint density at radius 1 is 0.921 bits per heavy atom. The van der Waals surface area contributed by atoms with Gasteiger partial charge in [0.05, 0.1) is 12.1 Å². The highest BCUT2D eigenvalue weighted by Gasteiger charge is 2.30. The molecule has 0 saturated heterocycles. The number of amides is 2. The molecule has 1 aliphatic heterocycles. The normalized spacial score (nSPS) is 15.3. The summed E-state index contributed by atoms with van der Waals surface area (Å²) in [7, 11) is 0. The number of aromatic carboxylic acids is 1. The lowest BCUT2D eigenvalue weighted by atomic mass is 10.0. The number of carbonyl (C=O) groups excluding carboxylic acids is 2. The fourth-order valence-electron chi connectivity index (χ4n) is 4.66. The van der Waals surface area contributed by atoms with Gasteiger partial charge in [0.25, 0.3) is 0 Å². The van der Waals surface area contributed by atoms with Crippen molar-refractivity contribution in [2.75, 3.05) is 6.54 Å². The van der Waals surface area contributed by atoms with Gasteiger partial charge >= 0.3 is 12.1 Å². The first-order valence-electron chi connectivity index (χ1n) is 12.8. The van der Waals surface area contributed by atoms with E-state index in [9.17, 15) is 19.5 Å². The van der Waals surface area contributed by atoms with E-state index in [-0.39, 0.29) is 29.9 Å². The van der Waals surface area contributed by atoms with Gasteiger partial charge in [0.15, 0.2) is 0 Å². The second-order valence-electron chi connectivity index (χ2n) is 10.8. The van der Waals surface area contributed by atoms with Crippen LogP contribution in [0.2, 0.25) is 0 Å². The molecule has 8 nitrogen and oxygen atoms in total. The van der Waals surface area contributed by atoms with E-state index in [0.717, 1.165) is 16.8 Å². The average molecular weight is 518 g/mol. The molecule has 200 valence electrons. The number of hydrogen-bond acceptors (Lipinski definition) is 4. The smallest absolute Gasteiger partial charge is 0.410 e. The average Bonchev–Trinajstić information content (AvgIpc) is 3.21. The van der Waals surface area contributed by atoms with Gasteiger partial charge in [-0.05, 0) is 56.2 Å². The molecule has 0 spiro atoms. The van der Waals surface area contributed by atoms with E-state index in [1.165, 1.54) is 0 Å². The Kier molecular flexibility index (Phi) is 8.20. The van der Waals surface area contributed by atoms with Crippen LogP contribution in [0.15, 0.2) is 72.9 Å². The first-order chi connectivity index (χ1) is 18.1. The van der Waals surface area contributed by atoms with Crippen LogP contribution in [0.1, 0.15) is 54.4 Å². The van der Waals surface area contributed by atoms with Crippen molar-refractivity contribution in [3.8, 4) is 0 Å². The van der Waals surface area contributed by atoms with Crippen LogP contribution >= 0.6 is 0 Å². The molecule has 2 aromatic carbocycles. The van der Waals surface area contributed by atoms with Crippen molar-refractivity contribution >= 4 is 18.0 Å². The number of carbonyl (C=O) groups is 3. The summed E-state index contributed by atoms with van der Waals surface area (Å²) in [5.74, 6) is -1.11. The molecule has 1 unspecified atom stereocenters. The van der Waals surface area contributed by atoms with E-state index < -0.39 is 11.6 Å². The number of aromatic nitrogens is 1. The third-order valence-electron chi connectivity index (χ3n) is 6.47. The zero-order valence-corrected chi connectivity index (χ0v) is 22.2. The van der Waals surface area contributed by atoms with Gasteiger partial charge in [-0.15, -0.1) is 0 Å². The number of hydrogen-bond donors (Lipinski definition) is 1. The molecule has 1 aliphatic rings. The van der Waals surface area contributed by atoms with Crippen molar-refractivity contribution in [1.29, 1.82) is 0 Å². The molecule has 0 aliphatic carbocycles. The fourth-order valence-corrected chi connectivity index (χ4v) is 4.66. The second kappa shape index (κ2) is 11.5. The second-order valence-corrected chi connectivity index (χ2v) is 10.8. The molecule has 4 rings (SSSR count). The van der Waals surface area contributed by atoms with Gasteiger partial charge in [-0.2, -0.15) is 0 Å². The molecule has 38 heavy (non-hydrogen) atoms. The monoisotopic (exact) mass is 517 g/mol. The predicted octanol–water partition coefficient (Wildman–Crippen LogP) is 5.17. The van der Waals surface area contributed by atoms with E-state index in [1.54, 1.807) is 34.1 Å². The Bertz CT molecular complexity index is 1260. The molecule has 0 saturated carbocycles.